The van der Waals surface area contributed by atoms with Gasteiger partial charge in [0.15, 0.2) is 0 Å². The van der Waals surface area contributed by atoms with Gasteiger partial charge in [0.25, 0.3) is 0 Å². The van der Waals surface area contributed by atoms with E-state index in [4.69, 9.17) is 0 Å². The van der Waals surface area contributed by atoms with Crippen molar-refractivity contribution in [3.63, 3.8) is 0 Å². The van der Waals surface area contributed by atoms with Crippen LogP contribution in [0.4, 0.5) is 0 Å². The maximum Gasteiger partial charge on any atom is 0.222 e. The van der Waals surface area contributed by atoms with E-state index in [0.29, 0.717) is 12.5 Å². The molecule has 2 N–H and O–H groups in total. The summed E-state index contributed by atoms with van der Waals surface area (Å²) in [5.74, 6) is 2.35. The first-order valence-electron chi connectivity index (χ1n) is 7.45. The van der Waals surface area contributed by atoms with Crippen molar-refractivity contribution in [1.29, 1.82) is 0 Å². The Bertz CT molecular complexity index is 410. The number of thioether (sulfide) groups is 1. The Kier molecular flexibility index (Phi) is 8.81. The maximum absolute atomic E-state index is 12.2. The molecule has 1 saturated heterocycles. The molecule has 0 bridgehead atoms. The molecule has 1 heterocycles. The number of halogens is 1. The van der Waals surface area contributed by atoms with Crippen LogP contribution in [0.1, 0.15) is 37.8 Å². The second-order valence-corrected chi connectivity index (χ2v) is 6.40. The minimum absolute atomic E-state index is 0. The van der Waals surface area contributed by atoms with Crippen molar-refractivity contribution < 1.29 is 4.79 Å². The van der Waals surface area contributed by atoms with Crippen molar-refractivity contribution in [2.45, 2.75) is 38.3 Å². The highest BCUT2D eigenvalue weighted by Gasteiger charge is 2.19. The van der Waals surface area contributed by atoms with Gasteiger partial charge in [-0.2, -0.15) is 11.8 Å². The fourth-order valence-electron chi connectivity index (χ4n) is 2.52. The minimum Gasteiger partial charge on any atom is -0.349 e. The number of benzene rings is 1. The van der Waals surface area contributed by atoms with Gasteiger partial charge in [-0.15, -0.1) is 12.4 Å². The van der Waals surface area contributed by atoms with Gasteiger partial charge in [0.1, 0.15) is 0 Å². The average molecular weight is 329 g/mol. The number of amides is 1. The fourth-order valence-corrected chi connectivity index (χ4v) is 3.47. The molecular formula is C16H25ClN2OS. The Labute approximate surface area is 138 Å². The molecule has 0 saturated carbocycles. The van der Waals surface area contributed by atoms with Gasteiger partial charge in [0.2, 0.25) is 5.91 Å². The molecule has 21 heavy (non-hydrogen) atoms. The van der Waals surface area contributed by atoms with Gasteiger partial charge in [0.05, 0.1) is 6.04 Å². The summed E-state index contributed by atoms with van der Waals surface area (Å²) in [4.78, 5) is 12.2. The molecule has 5 heteroatoms. The standard InChI is InChI=1S/C16H24N2OS.ClH/c1-2-6-15(13-7-4-3-5-8-13)18-16(19)11-14-12-20-10-9-17-14;/h3-5,7-8,14-15,17H,2,6,9-12H2,1H3,(H,18,19);1H. The van der Waals surface area contributed by atoms with Gasteiger partial charge >= 0.3 is 0 Å². The molecule has 2 unspecified atom stereocenters. The molecule has 1 aromatic carbocycles. The Morgan fingerprint density at radius 3 is 2.81 bits per heavy atom. The zero-order chi connectivity index (χ0) is 14.2. The van der Waals surface area contributed by atoms with Crippen LogP contribution in [0.3, 0.4) is 0 Å². The monoisotopic (exact) mass is 328 g/mol. The van der Waals surface area contributed by atoms with Crippen molar-refractivity contribution in [3.8, 4) is 0 Å². The highest BCUT2D eigenvalue weighted by Crippen LogP contribution is 2.19. The summed E-state index contributed by atoms with van der Waals surface area (Å²) < 4.78 is 0. The molecular weight excluding hydrogens is 304 g/mol. The summed E-state index contributed by atoms with van der Waals surface area (Å²) >= 11 is 1.93. The molecule has 0 aliphatic carbocycles. The third-order valence-electron chi connectivity index (χ3n) is 3.54. The number of nitrogens with one attached hydrogen (secondary N) is 2. The van der Waals surface area contributed by atoms with Crippen LogP contribution in [-0.2, 0) is 4.79 Å². The van der Waals surface area contributed by atoms with Crippen molar-refractivity contribution in [1.82, 2.24) is 10.6 Å². The zero-order valence-corrected chi connectivity index (χ0v) is 14.1. The number of hydrogen-bond acceptors (Lipinski definition) is 3. The van der Waals surface area contributed by atoms with E-state index in [-0.39, 0.29) is 24.4 Å². The number of hydrogen-bond donors (Lipinski definition) is 2. The lowest BCUT2D eigenvalue weighted by atomic mass is 10.0. The molecule has 3 nitrogen and oxygen atoms in total. The third-order valence-corrected chi connectivity index (χ3v) is 4.68. The molecule has 0 spiro atoms. The van der Waals surface area contributed by atoms with E-state index in [1.807, 2.05) is 30.0 Å². The molecule has 1 aliphatic heterocycles. The number of rotatable bonds is 6. The van der Waals surface area contributed by atoms with Gasteiger partial charge < -0.3 is 10.6 Å². The van der Waals surface area contributed by atoms with Crippen LogP contribution in [0.15, 0.2) is 30.3 Å². The Balaban J connectivity index is 0.00000220. The normalized spacial score (nSPS) is 19.4. The molecule has 2 atom stereocenters. The Hall–Kier alpha value is -0.710. The van der Waals surface area contributed by atoms with Gasteiger partial charge in [-0.3, -0.25) is 4.79 Å². The second-order valence-electron chi connectivity index (χ2n) is 5.25. The quantitative estimate of drug-likeness (QED) is 0.842. The van der Waals surface area contributed by atoms with Crippen LogP contribution in [0.5, 0.6) is 0 Å². The molecule has 1 fully saturated rings. The van der Waals surface area contributed by atoms with Crippen LogP contribution in [0.25, 0.3) is 0 Å². The zero-order valence-electron chi connectivity index (χ0n) is 12.5. The average Bonchev–Trinajstić information content (AvgIpc) is 2.49. The predicted molar refractivity (Wildman–Crippen MR) is 93.2 cm³/mol. The highest BCUT2D eigenvalue weighted by molar-refractivity contribution is 7.99. The summed E-state index contributed by atoms with van der Waals surface area (Å²) in [7, 11) is 0. The van der Waals surface area contributed by atoms with Crippen LogP contribution < -0.4 is 10.6 Å². The summed E-state index contributed by atoms with van der Waals surface area (Å²) in [5, 5.41) is 6.61. The van der Waals surface area contributed by atoms with Gasteiger partial charge in [-0.1, -0.05) is 43.7 Å². The van der Waals surface area contributed by atoms with E-state index in [9.17, 15) is 4.79 Å². The maximum atomic E-state index is 12.2. The lowest BCUT2D eigenvalue weighted by Crippen LogP contribution is -2.42. The second kappa shape index (κ2) is 10.1. The van der Waals surface area contributed by atoms with E-state index < -0.39 is 0 Å². The third kappa shape index (κ3) is 6.29. The lowest BCUT2D eigenvalue weighted by Gasteiger charge is -2.24. The molecule has 1 aliphatic rings. The van der Waals surface area contributed by atoms with Crippen molar-refractivity contribution in [2.24, 2.45) is 0 Å². The van der Waals surface area contributed by atoms with Crippen LogP contribution in [0.2, 0.25) is 0 Å². The smallest absolute Gasteiger partial charge is 0.222 e. The minimum atomic E-state index is 0. The lowest BCUT2D eigenvalue weighted by molar-refractivity contribution is -0.122. The SMILES string of the molecule is CCCC(NC(=O)CC1CSCCN1)c1ccccc1.Cl. The van der Waals surface area contributed by atoms with E-state index >= 15 is 0 Å². The van der Waals surface area contributed by atoms with Crippen molar-refractivity contribution >= 4 is 30.1 Å². The van der Waals surface area contributed by atoms with E-state index in [2.05, 4.69) is 29.7 Å². The largest absolute Gasteiger partial charge is 0.349 e. The van der Waals surface area contributed by atoms with Gasteiger partial charge in [-0.25, -0.2) is 0 Å². The van der Waals surface area contributed by atoms with Gasteiger partial charge in [0, 0.05) is 30.5 Å². The summed E-state index contributed by atoms with van der Waals surface area (Å²) in [6.45, 7) is 3.17. The molecule has 118 valence electrons. The first-order valence-corrected chi connectivity index (χ1v) is 8.60. The highest BCUT2D eigenvalue weighted by atomic mass is 35.5. The van der Waals surface area contributed by atoms with Crippen LogP contribution in [-0.4, -0.2) is 30.0 Å². The molecule has 0 radical (unpaired) electrons. The van der Waals surface area contributed by atoms with Gasteiger partial charge in [-0.05, 0) is 12.0 Å². The number of carbonyl (C=O) groups is 1. The van der Waals surface area contributed by atoms with E-state index in [0.717, 1.165) is 30.9 Å². The van der Waals surface area contributed by atoms with E-state index in [1.165, 1.54) is 5.56 Å². The Morgan fingerprint density at radius 2 is 2.19 bits per heavy atom. The first kappa shape index (κ1) is 18.3. The first-order chi connectivity index (χ1) is 9.79. The van der Waals surface area contributed by atoms with Crippen molar-refractivity contribution in [3.05, 3.63) is 35.9 Å². The summed E-state index contributed by atoms with van der Waals surface area (Å²) in [6, 6.07) is 10.7. The predicted octanol–water partition coefficient (Wildman–Crippen LogP) is 3.16. The van der Waals surface area contributed by atoms with Crippen molar-refractivity contribution in [2.75, 3.05) is 18.1 Å². The van der Waals surface area contributed by atoms with E-state index in [1.54, 1.807) is 0 Å². The summed E-state index contributed by atoms with van der Waals surface area (Å²) in [6.07, 6.45) is 2.64. The van der Waals surface area contributed by atoms with Crippen LogP contribution >= 0.6 is 24.2 Å². The number of carbonyl (C=O) groups excluding carboxylic acids is 1. The molecule has 0 aromatic heterocycles. The molecule has 1 amide bonds. The molecule has 1 aromatic rings. The summed E-state index contributed by atoms with van der Waals surface area (Å²) in [5.41, 5.74) is 1.20. The fraction of sp³-hybridized carbons (Fsp3) is 0.562. The molecule has 2 rings (SSSR count). The van der Waals surface area contributed by atoms with Crippen LogP contribution in [0, 0.1) is 0 Å². The topological polar surface area (TPSA) is 41.1 Å². The Morgan fingerprint density at radius 1 is 1.43 bits per heavy atom.